The van der Waals surface area contributed by atoms with Gasteiger partial charge < -0.3 is 15.5 Å². The number of hydrogen-bond donors (Lipinski definition) is 2. The van der Waals surface area contributed by atoms with Gasteiger partial charge in [0, 0.05) is 18.2 Å². The number of hydrogen-bond acceptors (Lipinski definition) is 4. The first-order valence-corrected chi connectivity index (χ1v) is 12.0. The maximum absolute atomic E-state index is 12.7. The van der Waals surface area contributed by atoms with Crippen molar-refractivity contribution in [3.05, 3.63) is 42.1 Å². The number of benzene rings is 1. The lowest BCUT2D eigenvalue weighted by Crippen LogP contribution is -2.47. The molecule has 1 aromatic carbocycles. The van der Waals surface area contributed by atoms with Crippen LogP contribution < -0.4 is 11.1 Å². The van der Waals surface area contributed by atoms with E-state index in [0.717, 1.165) is 5.39 Å². The van der Waals surface area contributed by atoms with Crippen molar-refractivity contribution in [2.24, 2.45) is 5.73 Å². The Morgan fingerprint density at radius 3 is 2.52 bits per heavy atom. The maximum Gasteiger partial charge on any atom is 0.254 e. The van der Waals surface area contributed by atoms with Crippen molar-refractivity contribution < 1.29 is 14.0 Å². The molecule has 27 heavy (non-hydrogen) atoms. The number of carbonyl (C=O) groups excluding carboxylic acids is 2. The van der Waals surface area contributed by atoms with Crippen molar-refractivity contribution in [1.82, 2.24) is 10.3 Å². The molecule has 2 aromatic rings. The number of nitrogens with zero attached hydrogens (tertiary/aromatic N) is 1. The van der Waals surface area contributed by atoms with Gasteiger partial charge in [0.1, 0.15) is 6.04 Å². The quantitative estimate of drug-likeness (QED) is 0.713. The lowest BCUT2D eigenvalue weighted by Gasteiger charge is -2.36. The minimum absolute atomic E-state index is 0.0765. The molecule has 0 unspecified atom stereocenters. The number of rotatable bonds is 7. The average molecular weight is 388 g/mol. The van der Waals surface area contributed by atoms with Gasteiger partial charge in [-0.1, -0.05) is 39.0 Å². The van der Waals surface area contributed by atoms with Crippen LogP contribution in [-0.2, 0) is 9.22 Å². The fourth-order valence-electron chi connectivity index (χ4n) is 2.46. The van der Waals surface area contributed by atoms with E-state index in [-0.39, 0.29) is 10.9 Å². The van der Waals surface area contributed by atoms with Gasteiger partial charge in [-0.3, -0.25) is 14.6 Å². The van der Waals surface area contributed by atoms with Crippen molar-refractivity contribution in [3.63, 3.8) is 0 Å². The van der Waals surface area contributed by atoms with E-state index in [1.54, 1.807) is 18.3 Å². The third kappa shape index (κ3) is 5.14. The van der Waals surface area contributed by atoms with Crippen LogP contribution in [0.1, 0.15) is 37.6 Å². The van der Waals surface area contributed by atoms with Gasteiger partial charge in [0.2, 0.25) is 5.91 Å². The molecular weight excluding hydrogens is 358 g/mol. The summed E-state index contributed by atoms with van der Waals surface area (Å²) >= 11 is 0. The summed E-state index contributed by atoms with van der Waals surface area (Å²) in [5, 5.41) is 3.67. The monoisotopic (exact) mass is 387 g/mol. The number of para-hydroxylation sites is 1. The predicted molar refractivity (Wildman–Crippen MR) is 110 cm³/mol. The second-order valence-corrected chi connectivity index (χ2v) is 13.0. The second-order valence-electron chi connectivity index (χ2n) is 8.21. The van der Waals surface area contributed by atoms with Crippen molar-refractivity contribution in [2.45, 2.75) is 51.4 Å². The van der Waals surface area contributed by atoms with Gasteiger partial charge in [0.15, 0.2) is 8.32 Å². The van der Waals surface area contributed by atoms with Crippen molar-refractivity contribution in [1.29, 1.82) is 0 Å². The smallest absolute Gasteiger partial charge is 0.254 e. The molecule has 0 aliphatic rings. The van der Waals surface area contributed by atoms with Crippen LogP contribution in [0.2, 0.25) is 18.1 Å². The van der Waals surface area contributed by atoms with E-state index < -0.39 is 20.3 Å². The molecule has 0 saturated heterocycles. The highest BCUT2D eigenvalue weighted by atomic mass is 28.4. The Morgan fingerprint density at radius 2 is 1.89 bits per heavy atom. The number of carbonyl (C=O) groups is 2. The zero-order valence-corrected chi connectivity index (χ0v) is 17.7. The fraction of sp³-hybridized carbons (Fsp3) is 0.450. The van der Waals surface area contributed by atoms with E-state index in [1.807, 2.05) is 18.2 Å². The minimum atomic E-state index is -1.92. The summed E-state index contributed by atoms with van der Waals surface area (Å²) in [5.74, 6) is -0.939. The Hall–Kier alpha value is -2.25. The number of nitrogens with one attached hydrogen (secondary N) is 1. The molecule has 0 bridgehead atoms. The third-order valence-electron chi connectivity index (χ3n) is 5.20. The van der Waals surface area contributed by atoms with Crippen LogP contribution in [0.3, 0.4) is 0 Å². The van der Waals surface area contributed by atoms with E-state index in [0.29, 0.717) is 24.1 Å². The number of pyridine rings is 1. The molecule has 0 saturated carbocycles. The highest BCUT2D eigenvalue weighted by molar-refractivity contribution is 6.74. The third-order valence-corrected chi connectivity index (χ3v) is 9.74. The van der Waals surface area contributed by atoms with Crippen LogP contribution in [0.25, 0.3) is 10.9 Å². The lowest BCUT2D eigenvalue weighted by molar-refractivity contribution is -0.120. The normalized spacial score (nSPS) is 13.4. The van der Waals surface area contributed by atoms with Gasteiger partial charge in [0.25, 0.3) is 5.91 Å². The largest absolute Gasteiger partial charge is 0.417 e. The van der Waals surface area contributed by atoms with Gasteiger partial charge in [-0.25, -0.2) is 0 Å². The minimum Gasteiger partial charge on any atom is -0.417 e. The van der Waals surface area contributed by atoms with Crippen molar-refractivity contribution in [3.8, 4) is 0 Å². The van der Waals surface area contributed by atoms with E-state index >= 15 is 0 Å². The number of aromatic nitrogens is 1. The number of nitrogens with two attached hydrogens (primary N) is 1. The van der Waals surface area contributed by atoms with Gasteiger partial charge in [-0.05, 0) is 36.7 Å². The molecule has 1 heterocycles. The Kier molecular flexibility index (Phi) is 6.38. The van der Waals surface area contributed by atoms with Gasteiger partial charge in [-0.2, -0.15) is 0 Å². The summed E-state index contributed by atoms with van der Waals surface area (Å²) in [5.41, 5.74) is 6.51. The summed E-state index contributed by atoms with van der Waals surface area (Å²) in [6, 6.07) is 8.28. The topological polar surface area (TPSA) is 94.3 Å². The van der Waals surface area contributed by atoms with Crippen LogP contribution in [0.4, 0.5) is 0 Å². The molecule has 0 radical (unpaired) electrons. The van der Waals surface area contributed by atoms with Crippen LogP contribution >= 0.6 is 0 Å². The Bertz CT molecular complexity index is 825. The molecular formula is C20H29N3O3Si. The summed E-state index contributed by atoms with van der Waals surface area (Å²) in [6.45, 7) is 11.1. The molecule has 0 spiro atoms. The molecule has 1 aromatic heterocycles. The van der Waals surface area contributed by atoms with Crippen LogP contribution in [0.15, 0.2) is 36.5 Å². The SMILES string of the molecule is CC(C)(C)[Si](C)(C)OCC[C@@H](NC(=O)c1cccc2cccnc12)C(N)=O. The fourth-order valence-corrected chi connectivity index (χ4v) is 3.52. The first-order chi connectivity index (χ1) is 12.5. The number of amides is 2. The van der Waals surface area contributed by atoms with Crippen LogP contribution in [0, 0.1) is 0 Å². The van der Waals surface area contributed by atoms with Crippen molar-refractivity contribution in [2.75, 3.05) is 6.61 Å². The Morgan fingerprint density at radius 1 is 1.22 bits per heavy atom. The molecule has 7 heteroatoms. The molecule has 2 rings (SSSR count). The summed E-state index contributed by atoms with van der Waals surface area (Å²) in [4.78, 5) is 28.8. The number of primary amides is 1. The zero-order chi connectivity index (χ0) is 20.2. The molecule has 0 aliphatic carbocycles. The van der Waals surface area contributed by atoms with E-state index in [1.165, 1.54) is 0 Å². The zero-order valence-electron chi connectivity index (χ0n) is 16.7. The van der Waals surface area contributed by atoms with E-state index in [2.05, 4.69) is 44.2 Å². The molecule has 3 N–H and O–H groups in total. The van der Waals surface area contributed by atoms with Gasteiger partial charge in [0.05, 0.1) is 11.1 Å². The molecule has 2 amide bonds. The summed E-state index contributed by atoms with van der Waals surface area (Å²) in [6.07, 6.45) is 1.98. The van der Waals surface area contributed by atoms with E-state index in [4.69, 9.17) is 10.2 Å². The number of fused-ring (bicyclic) bond motifs is 1. The first kappa shape index (κ1) is 21.1. The maximum atomic E-state index is 12.7. The van der Waals surface area contributed by atoms with Crippen molar-refractivity contribution >= 4 is 31.0 Å². The molecule has 0 aliphatic heterocycles. The Balaban J connectivity index is 2.07. The molecule has 146 valence electrons. The highest BCUT2D eigenvalue weighted by Gasteiger charge is 2.37. The highest BCUT2D eigenvalue weighted by Crippen LogP contribution is 2.36. The summed E-state index contributed by atoms with van der Waals surface area (Å²) in [7, 11) is -1.92. The first-order valence-electron chi connectivity index (χ1n) is 9.11. The van der Waals surface area contributed by atoms with Crippen LogP contribution in [0.5, 0.6) is 0 Å². The Labute approximate surface area is 161 Å². The average Bonchev–Trinajstić information content (AvgIpc) is 2.59. The van der Waals surface area contributed by atoms with E-state index in [9.17, 15) is 9.59 Å². The second kappa shape index (κ2) is 8.18. The lowest BCUT2D eigenvalue weighted by atomic mass is 10.1. The molecule has 6 nitrogen and oxygen atoms in total. The van der Waals surface area contributed by atoms with Crippen LogP contribution in [-0.4, -0.2) is 37.8 Å². The predicted octanol–water partition coefficient (Wildman–Crippen LogP) is 3.23. The molecule has 0 fully saturated rings. The standard InChI is InChI=1S/C20H29N3O3Si/c1-20(2,3)27(4,5)26-13-11-16(18(21)24)23-19(25)15-10-6-8-14-9-7-12-22-17(14)15/h6-10,12,16H,11,13H2,1-5H3,(H2,21,24)(H,23,25)/t16-/m1/s1. The van der Waals surface area contributed by atoms with Gasteiger partial charge in [-0.15, -0.1) is 0 Å². The van der Waals surface area contributed by atoms with Gasteiger partial charge >= 0.3 is 0 Å². The molecule has 1 atom stereocenters. The summed E-state index contributed by atoms with van der Waals surface area (Å²) < 4.78 is 6.10.